The van der Waals surface area contributed by atoms with Crippen LogP contribution < -0.4 is 5.32 Å². The summed E-state index contributed by atoms with van der Waals surface area (Å²) in [5.74, 6) is 0.216. The summed E-state index contributed by atoms with van der Waals surface area (Å²) >= 11 is 2.12. The number of furan rings is 1. The zero-order valence-electron chi connectivity index (χ0n) is 12.5. The first-order chi connectivity index (χ1) is 11.0. The maximum Gasteiger partial charge on any atom is 0.252 e. The highest BCUT2D eigenvalue weighted by Gasteiger charge is 2.28. The maximum atomic E-state index is 12.3. The van der Waals surface area contributed by atoms with Crippen LogP contribution in [0.15, 0.2) is 59.0 Å². The fourth-order valence-corrected chi connectivity index (χ4v) is 2.96. The predicted octanol–water partition coefficient (Wildman–Crippen LogP) is 3.67. The highest BCUT2D eigenvalue weighted by Crippen LogP contribution is 2.27. The van der Waals surface area contributed by atoms with Crippen LogP contribution in [-0.2, 0) is 5.60 Å². The number of para-hydroxylation sites is 1. The average Bonchev–Trinajstić information content (AvgIpc) is 2.98. The normalized spacial score (nSPS) is 13.7. The van der Waals surface area contributed by atoms with Gasteiger partial charge in [0.15, 0.2) is 0 Å². The van der Waals surface area contributed by atoms with Crippen molar-refractivity contribution >= 4 is 39.5 Å². The van der Waals surface area contributed by atoms with E-state index in [9.17, 15) is 9.90 Å². The number of rotatable bonds is 4. The number of halogens is 1. The summed E-state index contributed by atoms with van der Waals surface area (Å²) in [6, 6.07) is 16.7. The zero-order chi connectivity index (χ0) is 16.4. The molecule has 0 bridgehead atoms. The van der Waals surface area contributed by atoms with Crippen molar-refractivity contribution in [3.05, 3.63) is 69.5 Å². The summed E-state index contributed by atoms with van der Waals surface area (Å²) in [7, 11) is 0. The molecule has 0 aliphatic carbocycles. The van der Waals surface area contributed by atoms with Crippen LogP contribution in [0.3, 0.4) is 0 Å². The zero-order valence-corrected chi connectivity index (χ0v) is 14.7. The van der Waals surface area contributed by atoms with Crippen LogP contribution in [0.4, 0.5) is 0 Å². The molecule has 1 heterocycles. The van der Waals surface area contributed by atoms with Crippen molar-refractivity contribution in [2.75, 3.05) is 6.54 Å². The number of amides is 1. The van der Waals surface area contributed by atoms with Gasteiger partial charge in [0.25, 0.3) is 5.91 Å². The summed E-state index contributed by atoms with van der Waals surface area (Å²) in [6.07, 6.45) is 0. The lowest BCUT2D eigenvalue weighted by molar-refractivity contribution is 0.0344. The van der Waals surface area contributed by atoms with E-state index in [1.807, 2.05) is 42.5 Å². The van der Waals surface area contributed by atoms with Crippen molar-refractivity contribution in [2.24, 2.45) is 0 Å². The van der Waals surface area contributed by atoms with Crippen LogP contribution >= 0.6 is 22.6 Å². The Balaban J connectivity index is 1.76. The van der Waals surface area contributed by atoms with E-state index < -0.39 is 5.60 Å². The molecular formula is C18H16INO3. The van der Waals surface area contributed by atoms with Crippen molar-refractivity contribution in [2.45, 2.75) is 12.5 Å². The van der Waals surface area contributed by atoms with Crippen LogP contribution in [-0.4, -0.2) is 17.6 Å². The molecule has 3 aromatic rings. The Kier molecular flexibility index (Phi) is 4.41. The van der Waals surface area contributed by atoms with Crippen molar-refractivity contribution in [1.29, 1.82) is 0 Å². The fraction of sp³-hybridized carbons (Fsp3) is 0.167. The summed E-state index contributed by atoms with van der Waals surface area (Å²) in [5.41, 5.74) is 0.0229. The van der Waals surface area contributed by atoms with E-state index in [2.05, 4.69) is 27.9 Å². The first-order valence-corrected chi connectivity index (χ1v) is 8.29. The summed E-state index contributed by atoms with van der Waals surface area (Å²) in [6.45, 7) is 1.69. The second-order valence-electron chi connectivity index (χ2n) is 5.58. The lowest BCUT2D eigenvalue weighted by atomic mass is 10.0. The molecule has 0 aliphatic rings. The third-order valence-corrected chi connectivity index (χ3v) is 4.61. The van der Waals surface area contributed by atoms with E-state index in [1.165, 1.54) is 0 Å². The molecule has 1 atom stereocenters. The maximum absolute atomic E-state index is 12.3. The lowest BCUT2D eigenvalue weighted by Crippen LogP contribution is -2.38. The second kappa shape index (κ2) is 6.33. The Hall–Kier alpha value is -1.86. The van der Waals surface area contributed by atoms with Gasteiger partial charge in [0.05, 0.1) is 12.1 Å². The minimum absolute atomic E-state index is 0.0661. The van der Waals surface area contributed by atoms with E-state index in [1.54, 1.807) is 19.1 Å². The van der Waals surface area contributed by atoms with Gasteiger partial charge in [-0.2, -0.15) is 0 Å². The van der Waals surface area contributed by atoms with Crippen molar-refractivity contribution < 1.29 is 14.3 Å². The predicted molar refractivity (Wildman–Crippen MR) is 97.3 cm³/mol. The first kappa shape index (κ1) is 16.0. The van der Waals surface area contributed by atoms with Gasteiger partial charge in [-0.25, -0.2) is 0 Å². The van der Waals surface area contributed by atoms with Gasteiger partial charge in [-0.3, -0.25) is 4.79 Å². The minimum Gasteiger partial charge on any atom is -0.458 e. The number of fused-ring (bicyclic) bond motifs is 1. The van der Waals surface area contributed by atoms with Crippen LogP contribution in [0, 0.1) is 3.57 Å². The van der Waals surface area contributed by atoms with Gasteiger partial charge in [-0.05, 0) is 53.8 Å². The topological polar surface area (TPSA) is 62.5 Å². The minimum atomic E-state index is -1.28. The molecule has 0 fully saturated rings. The lowest BCUT2D eigenvalue weighted by Gasteiger charge is -2.21. The molecule has 4 nitrogen and oxygen atoms in total. The number of aliphatic hydroxyl groups is 1. The highest BCUT2D eigenvalue weighted by molar-refractivity contribution is 14.1. The molecule has 2 N–H and O–H groups in total. The molecule has 1 amide bonds. The van der Waals surface area contributed by atoms with Crippen molar-refractivity contribution in [3.8, 4) is 0 Å². The molecule has 3 rings (SSSR count). The van der Waals surface area contributed by atoms with E-state index in [0.29, 0.717) is 16.9 Å². The molecule has 2 aromatic carbocycles. The molecule has 5 heteroatoms. The fourth-order valence-electron chi connectivity index (χ4n) is 2.33. The molecule has 0 spiro atoms. The smallest absolute Gasteiger partial charge is 0.252 e. The number of hydrogen-bond donors (Lipinski definition) is 2. The third-order valence-electron chi connectivity index (χ3n) is 3.67. The Morgan fingerprint density at radius 1 is 1.22 bits per heavy atom. The molecule has 0 radical (unpaired) electrons. The summed E-state index contributed by atoms with van der Waals surface area (Å²) in [5, 5.41) is 14.3. The molecule has 0 saturated carbocycles. The van der Waals surface area contributed by atoms with Crippen LogP contribution in [0.25, 0.3) is 11.0 Å². The Labute approximate surface area is 147 Å². The van der Waals surface area contributed by atoms with E-state index in [0.717, 1.165) is 8.96 Å². The van der Waals surface area contributed by atoms with Crippen LogP contribution in [0.5, 0.6) is 0 Å². The molecular weight excluding hydrogens is 405 g/mol. The standard InChI is InChI=1S/C18H16INO3/c1-18(22,16-10-12-6-2-5-9-15(12)23-16)11-20-17(21)13-7-3-4-8-14(13)19/h2-10,22H,11H2,1H3,(H,20,21). The number of carbonyl (C=O) groups is 1. The largest absolute Gasteiger partial charge is 0.458 e. The van der Waals surface area contributed by atoms with Gasteiger partial charge in [-0.15, -0.1) is 0 Å². The Bertz CT molecular complexity index is 821. The first-order valence-electron chi connectivity index (χ1n) is 7.21. The third kappa shape index (κ3) is 3.40. The van der Waals surface area contributed by atoms with Crippen molar-refractivity contribution in [3.63, 3.8) is 0 Å². The molecule has 1 aromatic heterocycles. The van der Waals surface area contributed by atoms with Crippen molar-refractivity contribution in [1.82, 2.24) is 5.32 Å². The van der Waals surface area contributed by atoms with E-state index >= 15 is 0 Å². The number of nitrogens with one attached hydrogen (secondary N) is 1. The van der Waals surface area contributed by atoms with Gasteiger partial charge in [-0.1, -0.05) is 30.3 Å². The van der Waals surface area contributed by atoms with Crippen LogP contribution in [0.2, 0.25) is 0 Å². The monoisotopic (exact) mass is 421 g/mol. The van der Waals surface area contributed by atoms with Gasteiger partial charge in [0.1, 0.15) is 16.9 Å². The quantitative estimate of drug-likeness (QED) is 0.632. The Morgan fingerprint density at radius 3 is 2.65 bits per heavy atom. The highest BCUT2D eigenvalue weighted by atomic mass is 127. The molecule has 118 valence electrons. The number of hydrogen-bond acceptors (Lipinski definition) is 3. The van der Waals surface area contributed by atoms with Gasteiger partial charge >= 0.3 is 0 Å². The van der Waals surface area contributed by atoms with Gasteiger partial charge in [0, 0.05) is 8.96 Å². The van der Waals surface area contributed by atoms with Crippen LogP contribution in [0.1, 0.15) is 23.0 Å². The summed E-state index contributed by atoms with van der Waals surface area (Å²) in [4.78, 5) is 12.3. The molecule has 0 saturated heterocycles. The van der Waals surface area contributed by atoms with E-state index in [-0.39, 0.29) is 12.5 Å². The second-order valence-corrected chi connectivity index (χ2v) is 6.75. The van der Waals surface area contributed by atoms with E-state index in [4.69, 9.17) is 4.42 Å². The van der Waals surface area contributed by atoms with Gasteiger partial charge < -0.3 is 14.8 Å². The van der Waals surface area contributed by atoms with Gasteiger partial charge in [0.2, 0.25) is 0 Å². The SMILES string of the molecule is CC(O)(CNC(=O)c1ccccc1I)c1cc2ccccc2o1. The molecule has 23 heavy (non-hydrogen) atoms. The number of benzene rings is 2. The summed E-state index contributed by atoms with van der Waals surface area (Å²) < 4.78 is 6.56. The average molecular weight is 421 g/mol. The number of carbonyl (C=O) groups excluding carboxylic acids is 1. The molecule has 1 unspecified atom stereocenters. The Morgan fingerprint density at radius 2 is 1.91 bits per heavy atom. The molecule has 0 aliphatic heterocycles.